The van der Waals surface area contributed by atoms with Crippen molar-refractivity contribution in [3.8, 4) is 5.75 Å². The first kappa shape index (κ1) is 26.3. The van der Waals surface area contributed by atoms with Crippen molar-refractivity contribution in [3.63, 3.8) is 0 Å². The van der Waals surface area contributed by atoms with Gasteiger partial charge >= 0.3 is 6.36 Å². The molecule has 0 saturated carbocycles. The highest BCUT2D eigenvalue weighted by Gasteiger charge is 2.31. The van der Waals surface area contributed by atoms with E-state index in [2.05, 4.69) is 40.4 Å². The smallest absolute Gasteiger partial charge is 0.406 e. The van der Waals surface area contributed by atoms with Crippen molar-refractivity contribution in [1.82, 2.24) is 25.1 Å². The van der Waals surface area contributed by atoms with Crippen LogP contribution in [0.3, 0.4) is 0 Å². The van der Waals surface area contributed by atoms with Gasteiger partial charge in [0.15, 0.2) is 5.65 Å². The molecule has 1 atom stereocenters. The fourth-order valence-electron chi connectivity index (χ4n) is 4.24. The van der Waals surface area contributed by atoms with E-state index in [1.54, 1.807) is 23.6 Å². The van der Waals surface area contributed by atoms with Crippen molar-refractivity contribution in [3.05, 3.63) is 53.2 Å². The highest BCUT2D eigenvalue weighted by atomic mass is 32.1. The van der Waals surface area contributed by atoms with Crippen molar-refractivity contribution in [2.24, 2.45) is 0 Å². The summed E-state index contributed by atoms with van der Waals surface area (Å²) in [6.07, 6.45) is -0.229. The molecule has 38 heavy (non-hydrogen) atoms. The molecule has 1 aliphatic rings. The molecule has 1 fully saturated rings. The quantitative estimate of drug-likeness (QED) is 0.285. The van der Waals surface area contributed by atoms with Crippen LogP contribution >= 0.6 is 22.7 Å². The number of alkyl halides is 3. The third kappa shape index (κ3) is 7.36. The van der Waals surface area contributed by atoms with Gasteiger partial charge in [-0.2, -0.15) is 0 Å². The highest BCUT2D eigenvalue weighted by molar-refractivity contribution is 7.19. The largest absolute Gasteiger partial charge is 0.573 e. The van der Waals surface area contributed by atoms with E-state index in [0.29, 0.717) is 15.8 Å². The van der Waals surface area contributed by atoms with Gasteiger partial charge in [-0.15, -0.1) is 34.7 Å². The Morgan fingerprint density at radius 2 is 2.03 bits per heavy atom. The molecule has 1 amide bonds. The second kappa shape index (κ2) is 11.6. The molecule has 5 rings (SSSR count). The molecule has 3 aromatic heterocycles. The molecule has 1 unspecified atom stereocenters. The molecule has 0 radical (unpaired) electrons. The summed E-state index contributed by atoms with van der Waals surface area (Å²) in [6, 6.07) is 9.52. The number of thiazole rings is 1. The number of carbonyl (C=O) groups excluding carboxylic acids is 1. The molecule has 1 saturated heterocycles. The number of benzene rings is 1. The lowest BCUT2D eigenvalue weighted by Gasteiger charge is -2.15. The summed E-state index contributed by atoms with van der Waals surface area (Å²) in [7, 11) is 0. The van der Waals surface area contributed by atoms with Gasteiger partial charge in [0.25, 0.3) is 0 Å². The predicted molar refractivity (Wildman–Crippen MR) is 140 cm³/mol. The number of halogens is 3. The second-order valence-electron chi connectivity index (χ2n) is 8.80. The number of aryl methyl sites for hydroxylation is 1. The Morgan fingerprint density at radius 1 is 1.16 bits per heavy atom. The Hall–Kier alpha value is -3.36. The third-order valence-electron chi connectivity index (χ3n) is 5.84. The molecule has 2 N–H and O–H groups in total. The Bertz CT molecular complexity index is 1360. The van der Waals surface area contributed by atoms with E-state index in [0.717, 1.165) is 54.3 Å². The topological polar surface area (TPSA) is 105 Å². The average Bonchev–Trinajstić information content (AvgIpc) is 3.58. The molecule has 4 heterocycles. The van der Waals surface area contributed by atoms with E-state index in [4.69, 9.17) is 0 Å². The van der Waals surface area contributed by atoms with Crippen LogP contribution in [-0.4, -0.2) is 63.0 Å². The number of fused-ring (bicyclic) bond motifs is 1. The normalized spacial score (nSPS) is 16.1. The number of carbonyl (C=O) groups is 1. The number of nitrogens with one attached hydrogen (secondary N) is 2. The first-order valence-corrected chi connectivity index (χ1v) is 13.6. The van der Waals surface area contributed by atoms with Crippen molar-refractivity contribution in [1.29, 1.82) is 0 Å². The van der Waals surface area contributed by atoms with Crippen LogP contribution in [0, 0.1) is 0 Å². The van der Waals surface area contributed by atoms with Crippen LogP contribution < -0.4 is 15.4 Å². The van der Waals surface area contributed by atoms with Crippen molar-refractivity contribution in [2.75, 3.05) is 30.3 Å². The minimum atomic E-state index is -4.79. The zero-order valence-corrected chi connectivity index (χ0v) is 21.7. The first-order chi connectivity index (χ1) is 18.3. The van der Waals surface area contributed by atoms with Gasteiger partial charge in [0.2, 0.25) is 16.2 Å². The molecule has 0 spiro atoms. The number of likely N-dealkylation sites (tertiary alicyclic amines) is 1. The number of ether oxygens (including phenoxy) is 1. The molecule has 0 bridgehead atoms. The molecule has 9 nitrogen and oxygen atoms in total. The Labute approximate surface area is 224 Å². The highest BCUT2D eigenvalue weighted by Crippen LogP contribution is 2.26. The Balaban J connectivity index is 1.04. The summed E-state index contributed by atoms with van der Waals surface area (Å²) in [6.45, 7) is 2.85. The molecule has 200 valence electrons. The number of aromatic nitrogens is 4. The monoisotopic (exact) mass is 563 g/mol. The number of pyridine rings is 1. The molecular weight excluding hydrogens is 539 g/mol. The van der Waals surface area contributed by atoms with E-state index in [1.807, 2.05) is 12.1 Å². The maximum Gasteiger partial charge on any atom is 0.573 e. The summed E-state index contributed by atoms with van der Waals surface area (Å²) < 4.78 is 42.3. The van der Waals surface area contributed by atoms with Gasteiger partial charge in [0.1, 0.15) is 5.75 Å². The van der Waals surface area contributed by atoms with Crippen LogP contribution in [0.4, 0.5) is 23.4 Å². The maximum atomic E-state index is 12.4. The van der Waals surface area contributed by atoms with Crippen LogP contribution in [0.5, 0.6) is 5.75 Å². The van der Waals surface area contributed by atoms with Crippen LogP contribution in [0.2, 0.25) is 0 Å². The minimum absolute atomic E-state index is 0.123. The van der Waals surface area contributed by atoms with Crippen LogP contribution in [0.1, 0.15) is 23.4 Å². The van der Waals surface area contributed by atoms with E-state index in [9.17, 15) is 18.0 Å². The summed E-state index contributed by atoms with van der Waals surface area (Å²) in [5, 5.41) is 16.2. The fourth-order valence-corrected chi connectivity index (χ4v) is 5.94. The first-order valence-electron chi connectivity index (χ1n) is 12.0. The fraction of sp³-hybridized carbons (Fsp3) is 0.375. The number of nitrogens with zero attached hydrogens (tertiary/aromatic N) is 5. The van der Waals surface area contributed by atoms with Crippen LogP contribution in [-0.2, 0) is 17.6 Å². The van der Waals surface area contributed by atoms with Gasteiger partial charge in [0, 0.05) is 31.7 Å². The van der Waals surface area contributed by atoms with Gasteiger partial charge < -0.3 is 20.3 Å². The molecular formula is C24H24F3N7O2S2. The lowest BCUT2D eigenvalue weighted by atomic mass is 10.1. The zero-order valence-electron chi connectivity index (χ0n) is 20.1. The van der Waals surface area contributed by atoms with Crippen molar-refractivity contribution >= 4 is 49.2 Å². The van der Waals surface area contributed by atoms with Gasteiger partial charge in [-0.3, -0.25) is 4.79 Å². The van der Waals surface area contributed by atoms with Crippen molar-refractivity contribution < 1.29 is 22.7 Å². The van der Waals surface area contributed by atoms with E-state index < -0.39 is 12.3 Å². The number of hydrogen-bond acceptors (Lipinski definition) is 10. The number of rotatable bonds is 10. The zero-order chi connectivity index (χ0) is 26.5. The Kier molecular flexibility index (Phi) is 8.00. The molecule has 4 aromatic rings. The summed E-state index contributed by atoms with van der Waals surface area (Å²) in [5.74, 6) is -0.780. The summed E-state index contributed by atoms with van der Waals surface area (Å²) in [4.78, 5) is 23.7. The number of hydrogen-bond donors (Lipinski definition) is 2. The number of anilines is 2. The van der Waals surface area contributed by atoms with Gasteiger partial charge in [-0.1, -0.05) is 23.5 Å². The molecule has 1 aliphatic heterocycles. The molecule has 0 aliphatic carbocycles. The van der Waals surface area contributed by atoms with Gasteiger partial charge in [-0.25, -0.2) is 9.97 Å². The molecule has 14 heteroatoms. The van der Waals surface area contributed by atoms with Crippen molar-refractivity contribution in [2.45, 2.75) is 38.1 Å². The number of amides is 1. The summed E-state index contributed by atoms with van der Waals surface area (Å²) >= 11 is 2.91. The van der Waals surface area contributed by atoms with E-state index in [1.165, 1.54) is 29.5 Å². The van der Waals surface area contributed by atoms with E-state index >= 15 is 0 Å². The van der Waals surface area contributed by atoms with Crippen LogP contribution in [0.15, 0.2) is 42.6 Å². The third-order valence-corrected chi connectivity index (χ3v) is 7.68. The lowest BCUT2D eigenvalue weighted by molar-refractivity contribution is -0.274. The lowest BCUT2D eigenvalue weighted by Crippen LogP contribution is -2.27. The Morgan fingerprint density at radius 3 is 2.87 bits per heavy atom. The maximum absolute atomic E-state index is 12.4. The van der Waals surface area contributed by atoms with Gasteiger partial charge in [-0.05, 0) is 49.2 Å². The predicted octanol–water partition coefficient (Wildman–Crippen LogP) is 4.74. The average molecular weight is 564 g/mol. The second-order valence-corrected chi connectivity index (χ2v) is 10.9. The summed E-state index contributed by atoms with van der Waals surface area (Å²) in [5.41, 5.74) is 1.20. The SMILES string of the molecule is O=C(Cc1cccc(OC(F)(F)F)c1)Nc1nnc(NC2CCN(CCCc3nc4ncccc4s3)C2)s1. The molecule has 1 aromatic carbocycles. The standard InChI is InChI=1S/C24H24F3N7O2S2/c25-24(26,27)36-17-5-1-4-15(12-17)13-19(35)30-23-33-32-22(38-23)29-16-8-11-34(14-16)10-3-7-20-31-21-18(37-20)6-2-9-28-21/h1-2,4-6,9,12,16H,3,7-8,10-11,13-14H2,(H,29,32)(H,30,33,35). The van der Waals surface area contributed by atoms with E-state index in [-0.39, 0.29) is 18.2 Å². The minimum Gasteiger partial charge on any atom is -0.406 e. The van der Waals surface area contributed by atoms with Crippen LogP contribution in [0.25, 0.3) is 10.3 Å². The van der Waals surface area contributed by atoms with Gasteiger partial charge in [0.05, 0.1) is 16.1 Å².